The van der Waals surface area contributed by atoms with E-state index in [0.29, 0.717) is 34.4 Å². The van der Waals surface area contributed by atoms with Gasteiger partial charge in [-0.2, -0.15) is 0 Å². The third-order valence-corrected chi connectivity index (χ3v) is 7.84. The second kappa shape index (κ2) is 9.11. The van der Waals surface area contributed by atoms with Gasteiger partial charge in [-0.25, -0.2) is 9.59 Å². The fourth-order valence-corrected chi connectivity index (χ4v) is 5.83. The van der Waals surface area contributed by atoms with Crippen LogP contribution in [0.15, 0.2) is 36.4 Å². The molecule has 1 aromatic carbocycles. The summed E-state index contributed by atoms with van der Waals surface area (Å²) in [6, 6.07) is 10.6. The van der Waals surface area contributed by atoms with E-state index < -0.39 is 29.1 Å². The van der Waals surface area contributed by atoms with Gasteiger partial charge in [0.25, 0.3) is 5.91 Å². The van der Waals surface area contributed by atoms with E-state index in [4.69, 9.17) is 16.3 Å². The molecule has 1 aromatic heterocycles. The van der Waals surface area contributed by atoms with Crippen molar-refractivity contribution in [1.82, 2.24) is 5.32 Å². The van der Waals surface area contributed by atoms with E-state index in [1.54, 1.807) is 24.3 Å². The van der Waals surface area contributed by atoms with Gasteiger partial charge in [0.05, 0.1) is 22.3 Å². The molecule has 182 valence electrons. The molecule has 0 bridgehead atoms. The van der Waals surface area contributed by atoms with Crippen molar-refractivity contribution in [2.75, 3.05) is 29.4 Å². The van der Waals surface area contributed by atoms with Crippen molar-refractivity contribution < 1.29 is 24.2 Å². The molecule has 1 unspecified atom stereocenters. The summed E-state index contributed by atoms with van der Waals surface area (Å²) >= 11 is 7.06. The fourth-order valence-electron chi connectivity index (χ4n) is 4.87. The molecule has 2 aliphatic heterocycles. The zero-order valence-corrected chi connectivity index (χ0v) is 20.9. The summed E-state index contributed by atoms with van der Waals surface area (Å²) in [4.78, 5) is 41.0. The molecule has 34 heavy (non-hydrogen) atoms. The van der Waals surface area contributed by atoms with Crippen LogP contribution in [0.1, 0.15) is 43.3 Å². The summed E-state index contributed by atoms with van der Waals surface area (Å²) in [7, 11) is 0. The number of thiophene rings is 1. The minimum atomic E-state index is -0.989. The first-order valence-electron chi connectivity index (χ1n) is 11.2. The van der Waals surface area contributed by atoms with Gasteiger partial charge in [-0.3, -0.25) is 9.69 Å². The van der Waals surface area contributed by atoms with Crippen molar-refractivity contribution in [3.63, 3.8) is 0 Å². The van der Waals surface area contributed by atoms with Crippen molar-refractivity contribution in [2.45, 2.75) is 45.3 Å². The maximum Gasteiger partial charge on any atom is 0.414 e. The van der Waals surface area contributed by atoms with Crippen LogP contribution >= 0.6 is 22.9 Å². The first kappa shape index (κ1) is 24.3. The van der Waals surface area contributed by atoms with Crippen LogP contribution in [-0.2, 0) is 9.53 Å². The number of cyclic esters (lactones) is 1. The van der Waals surface area contributed by atoms with Crippen LogP contribution in [0, 0.1) is 5.41 Å². The molecule has 2 amide bonds. The molecule has 3 heterocycles. The van der Waals surface area contributed by atoms with Crippen molar-refractivity contribution in [3.8, 4) is 0 Å². The highest BCUT2D eigenvalue weighted by molar-refractivity contribution is 7.18. The van der Waals surface area contributed by atoms with Gasteiger partial charge in [-0.1, -0.05) is 32.4 Å². The summed E-state index contributed by atoms with van der Waals surface area (Å²) in [6.45, 7) is 7.02. The first-order chi connectivity index (χ1) is 16.0. The smallest absolute Gasteiger partial charge is 0.414 e. The topological polar surface area (TPSA) is 99.2 Å². The number of benzene rings is 1. The van der Waals surface area contributed by atoms with Crippen molar-refractivity contribution >= 4 is 52.3 Å². The first-order valence-corrected chi connectivity index (χ1v) is 12.4. The number of rotatable bonds is 6. The van der Waals surface area contributed by atoms with Crippen LogP contribution in [0.5, 0.6) is 0 Å². The van der Waals surface area contributed by atoms with E-state index in [-0.39, 0.29) is 12.5 Å². The maximum atomic E-state index is 12.5. The molecular formula is C24H28ClN3O5S. The highest BCUT2D eigenvalue weighted by Crippen LogP contribution is 2.46. The summed E-state index contributed by atoms with van der Waals surface area (Å²) in [5, 5.41) is 12.9. The third kappa shape index (κ3) is 4.34. The number of ether oxygens (including phenoxy) is 1. The molecule has 0 saturated carbocycles. The van der Waals surface area contributed by atoms with E-state index in [1.807, 2.05) is 37.8 Å². The molecule has 2 saturated heterocycles. The van der Waals surface area contributed by atoms with Gasteiger partial charge in [-0.05, 0) is 54.7 Å². The number of amides is 2. The lowest BCUT2D eigenvalue weighted by molar-refractivity contribution is -0.147. The van der Waals surface area contributed by atoms with Crippen LogP contribution in [0.2, 0.25) is 4.34 Å². The van der Waals surface area contributed by atoms with Gasteiger partial charge in [0, 0.05) is 17.9 Å². The number of carboxylic acids is 1. The Morgan fingerprint density at radius 2 is 1.88 bits per heavy atom. The normalized spacial score (nSPS) is 22.7. The van der Waals surface area contributed by atoms with Gasteiger partial charge in [0.2, 0.25) is 0 Å². The number of carbonyl (C=O) groups excluding carboxylic acids is 2. The lowest BCUT2D eigenvalue weighted by Gasteiger charge is -2.46. The highest BCUT2D eigenvalue weighted by atomic mass is 35.5. The highest BCUT2D eigenvalue weighted by Gasteiger charge is 2.55. The Morgan fingerprint density at radius 3 is 2.47 bits per heavy atom. The van der Waals surface area contributed by atoms with E-state index in [2.05, 4.69) is 5.32 Å². The Balaban J connectivity index is 1.43. The molecule has 2 N–H and O–H groups in total. The molecule has 10 heteroatoms. The summed E-state index contributed by atoms with van der Waals surface area (Å²) in [6.07, 6.45) is 0.416. The minimum absolute atomic E-state index is 0.190. The standard InChI is InChI=1S/C24H28ClN3O5S/c1-23(2,3)24(21(30)31)11-4-12-28(24)16-7-5-15(6-8-16)27-14-17(33-22(27)32)13-26-20(29)18-9-10-19(25)34-18/h5-10,17H,4,11-14H2,1-3H3,(H,26,29)(H,30,31)/t17?,24-/m0/s1. The van der Waals surface area contributed by atoms with Crippen LogP contribution in [0.4, 0.5) is 16.2 Å². The van der Waals surface area contributed by atoms with Crippen LogP contribution in [-0.4, -0.2) is 54.4 Å². The average Bonchev–Trinajstić information content (AvgIpc) is 3.50. The van der Waals surface area contributed by atoms with Gasteiger partial charge in [0.15, 0.2) is 0 Å². The zero-order valence-electron chi connectivity index (χ0n) is 19.3. The number of carbonyl (C=O) groups is 3. The van der Waals surface area contributed by atoms with Crippen molar-refractivity contribution in [1.29, 1.82) is 0 Å². The Hall–Kier alpha value is -2.78. The Labute approximate surface area is 207 Å². The average molecular weight is 506 g/mol. The minimum Gasteiger partial charge on any atom is -0.479 e. The molecular weight excluding hydrogens is 478 g/mol. The summed E-state index contributed by atoms with van der Waals surface area (Å²) in [5.74, 6) is -1.08. The number of halogens is 1. The lowest BCUT2D eigenvalue weighted by atomic mass is 9.71. The van der Waals surface area contributed by atoms with Crippen LogP contribution in [0.25, 0.3) is 0 Å². The summed E-state index contributed by atoms with van der Waals surface area (Å²) in [5.41, 5.74) is 0.0174. The van der Waals surface area contributed by atoms with E-state index in [9.17, 15) is 19.5 Å². The number of aliphatic carboxylic acids is 1. The molecule has 4 rings (SSSR count). The molecule has 0 spiro atoms. The Kier molecular flexibility index (Phi) is 6.52. The quantitative estimate of drug-likeness (QED) is 0.594. The number of hydrogen-bond donors (Lipinski definition) is 2. The molecule has 0 aliphatic carbocycles. The monoisotopic (exact) mass is 505 g/mol. The van der Waals surface area contributed by atoms with Gasteiger partial charge < -0.3 is 20.1 Å². The van der Waals surface area contributed by atoms with Crippen LogP contribution in [0.3, 0.4) is 0 Å². The van der Waals surface area contributed by atoms with Crippen molar-refractivity contribution in [2.24, 2.45) is 5.41 Å². The molecule has 0 radical (unpaired) electrons. The maximum absolute atomic E-state index is 12.5. The second-order valence-electron chi connectivity index (χ2n) is 9.62. The largest absolute Gasteiger partial charge is 0.479 e. The zero-order chi connectivity index (χ0) is 24.7. The van der Waals surface area contributed by atoms with Gasteiger partial charge >= 0.3 is 12.1 Å². The third-order valence-electron chi connectivity index (χ3n) is 6.61. The predicted molar refractivity (Wildman–Crippen MR) is 132 cm³/mol. The molecule has 2 aromatic rings. The van der Waals surface area contributed by atoms with E-state index in [1.165, 1.54) is 16.2 Å². The fraction of sp³-hybridized carbons (Fsp3) is 0.458. The van der Waals surface area contributed by atoms with Gasteiger partial charge in [-0.15, -0.1) is 11.3 Å². The number of hydrogen-bond acceptors (Lipinski definition) is 6. The number of anilines is 2. The van der Waals surface area contributed by atoms with Crippen LogP contribution < -0.4 is 15.1 Å². The number of carboxylic acid groups (broad SMARTS) is 1. The Morgan fingerprint density at radius 1 is 1.21 bits per heavy atom. The number of nitrogens with zero attached hydrogens (tertiary/aromatic N) is 2. The lowest BCUT2D eigenvalue weighted by Crippen LogP contribution is -2.59. The summed E-state index contributed by atoms with van der Waals surface area (Å²) < 4.78 is 5.95. The van der Waals surface area contributed by atoms with Crippen molar-refractivity contribution in [3.05, 3.63) is 45.6 Å². The number of nitrogens with one attached hydrogen (secondary N) is 1. The second-order valence-corrected chi connectivity index (χ2v) is 11.3. The Bertz CT molecular complexity index is 1100. The molecule has 2 aliphatic rings. The SMILES string of the molecule is CC(C)(C)[C@@]1(C(=O)O)CCCN1c1ccc(N2CC(CNC(=O)c3ccc(Cl)s3)OC2=O)cc1. The van der Waals surface area contributed by atoms with Gasteiger partial charge in [0.1, 0.15) is 11.6 Å². The van der Waals surface area contributed by atoms with E-state index >= 15 is 0 Å². The predicted octanol–water partition coefficient (Wildman–Crippen LogP) is 4.63. The molecule has 2 atom stereocenters. The van der Waals surface area contributed by atoms with E-state index in [0.717, 1.165) is 12.1 Å². The molecule has 8 nitrogen and oxygen atoms in total. The molecule has 2 fully saturated rings.